The van der Waals surface area contributed by atoms with Crippen LogP contribution in [0.4, 0.5) is 5.69 Å². The number of carbonyl (C=O) groups is 12. The third kappa shape index (κ3) is 40.0. The van der Waals surface area contributed by atoms with Crippen molar-refractivity contribution in [1.29, 1.82) is 0 Å². The minimum atomic E-state index is -1.37. The predicted octanol–water partition coefficient (Wildman–Crippen LogP) is -3.54. The summed E-state index contributed by atoms with van der Waals surface area (Å²) in [6.07, 6.45) is 1.44. The van der Waals surface area contributed by atoms with Gasteiger partial charge in [-0.2, -0.15) is 0 Å². The summed E-state index contributed by atoms with van der Waals surface area (Å²) in [5.74, 6) is -14.5. The van der Waals surface area contributed by atoms with Gasteiger partial charge < -0.3 is 91.0 Å². The number of nitrogens with two attached hydrogens (primary N) is 1. The van der Waals surface area contributed by atoms with E-state index < -0.39 is 167 Å². The molecule has 0 aromatic heterocycles. The van der Waals surface area contributed by atoms with Crippen molar-refractivity contribution < 1.29 is 194 Å². The van der Waals surface area contributed by atoms with E-state index in [-0.39, 0.29) is 163 Å². The van der Waals surface area contributed by atoms with E-state index in [0.29, 0.717) is 54.0 Å². The Morgan fingerprint density at radius 3 is 1.26 bits per heavy atom. The van der Waals surface area contributed by atoms with E-state index in [4.69, 9.17) is 30.2 Å². The molecule has 537 valence electrons. The molecule has 19 N–H and O–H groups in total. The monoisotopic (exact) mass is 1690 g/mol. The van der Waals surface area contributed by atoms with Crippen molar-refractivity contribution in [1.82, 2.24) is 50.7 Å². The summed E-state index contributed by atoms with van der Waals surface area (Å²) in [7, 11) is 0. The molecule has 0 bridgehead atoms. The molecule has 2 aromatic carbocycles. The fraction of sp³-hybridized carbons (Fsp3) is 0.526. The van der Waals surface area contributed by atoms with Gasteiger partial charge in [0.25, 0.3) is 0 Å². The molecule has 39 heteroatoms. The maximum absolute atomic E-state index is 13.5. The van der Waals surface area contributed by atoms with E-state index in [1.807, 2.05) is 0 Å². The van der Waals surface area contributed by atoms with Crippen LogP contribution in [0.3, 0.4) is 0 Å². The Labute approximate surface area is 627 Å². The van der Waals surface area contributed by atoms with Gasteiger partial charge in [0.1, 0.15) is 6.04 Å². The molecular weight excluding hydrogens is 1600 g/mol. The molecule has 1 radical (unpaired) electrons. The molecule has 0 spiro atoms. The summed E-state index contributed by atoms with van der Waals surface area (Å²) < 4.78 is 0. The molecule has 35 nitrogen and oxygen atoms in total. The minimum absolute atomic E-state index is 0. The van der Waals surface area contributed by atoms with Gasteiger partial charge in [0.15, 0.2) is 5.11 Å². The van der Waals surface area contributed by atoms with E-state index in [0.717, 1.165) is 25.2 Å². The van der Waals surface area contributed by atoms with E-state index in [1.54, 1.807) is 48.5 Å². The number of rotatable bonds is 46. The number of carboxylic acids is 10. The van der Waals surface area contributed by atoms with Crippen molar-refractivity contribution in [2.45, 2.75) is 81.7 Å². The topological polar surface area (TPSA) is 544 Å². The van der Waals surface area contributed by atoms with Crippen molar-refractivity contribution in [2.75, 3.05) is 117 Å². The Morgan fingerprint density at radius 1 is 0.531 bits per heavy atom. The maximum atomic E-state index is 13.5. The van der Waals surface area contributed by atoms with E-state index >= 15 is 0 Å². The number of amides is 2. The molecule has 2 amide bonds. The second-order valence-corrected chi connectivity index (χ2v) is 22.7. The molecule has 96 heavy (non-hydrogen) atoms. The molecule has 0 aliphatic carbocycles. The summed E-state index contributed by atoms with van der Waals surface area (Å²) in [6.45, 7) is -7.52. The zero-order valence-electron chi connectivity index (χ0n) is 52.3. The van der Waals surface area contributed by atoms with Crippen molar-refractivity contribution in [3.8, 4) is 0 Å². The van der Waals surface area contributed by atoms with Crippen molar-refractivity contribution in [3.05, 3.63) is 72.6 Å². The number of hydrogen-bond acceptors (Lipinski definition) is 21. The van der Waals surface area contributed by atoms with E-state index in [9.17, 15) is 109 Å². The first kappa shape index (κ1) is 92.0. The van der Waals surface area contributed by atoms with E-state index in [1.165, 1.54) is 9.80 Å². The van der Waals surface area contributed by atoms with Crippen LogP contribution in [0.15, 0.2) is 48.5 Å². The Kier molecular flexibility index (Phi) is 46.7. The maximum Gasteiger partial charge on any atom is 3.00 e. The van der Waals surface area contributed by atoms with Crippen molar-refractivity contribution >= 4 is 112 Å². The largest absolute Gasteiger partial charge is 3.00 e. The van der Waals surface area contributed by atoms with Crippen LogP contribution < -0.4 is 32.3 Å². The smallest absolute Gasteiger partial charge is 0.480 e. The van der Waals surface area contributed by atoms with Crippen LogP contribution in [0.2, 0.25) is 0 Å². The number of carboxylic acid groups (broad SMARTS) is 10. The zero-order chi connectivity index (χ0) is 68.6. The summed E-state index contributed by atoms with van der Waals surface area (Å²) in [6, 6.07) is 9.86. The van der Waals surface area contributed by atoms with Gasteiger partial charge in [0.2, 0.25) is 11.8 Å². The molecule has 4 unspecified atom stereocenters. The number of aliphatic carboxylic acids is 10. The molecule has 3 rings (SSSR count). The van der Waals surface area contributed by atoms with Gasteiger partial charge in [-0.3, -0.25) is 92.3 Å². The molecule has 1 fully saturated rings. The zero-order valence-corrected chi connectivity index (χ0v) is 58.5. The third-order valence-corrected chi connectivity index (χ3v) is 14.7. The number of primary amides is 1. The molecule has 1 aliphatic heterocycles. The van der Waals surface area contributed by atoms with Gasteiger partial charge in [-0.1, -0.05) is 48.6 Å². The first-order valence-corrected chi connectivity index (χ1v) is 29.6. The molecule has 1 heterocycles. The van der Waals surface area contributed by atoms with Crippen LogP contribution in [-0.4, -0.2) is 309 Å². The third-order valence-electron chi connectivity index (χ3n) is 14.2. The van der Waals surface area contributed by atoms with Gasteiger partial charge in [-0.25, -0.2) is 0 Å². The quantitative estimate of drug-likeness (QED) is 0.0173. The summed E-state index contributed by atoms with van der Waals surface area (Å²) in [5, 5.41) is 111. The minimum Gasteiger partial charge on any atom is -0.480 e. The second-order valence-electron chi connectivity index (χ2n) is 21.8. The van der Waals surface area contributed by atoms with Crippen LogP contribution in [0.25, 0.3) is 0 Å². The summed E-state index contributed by atoms with van der Waals surface area (Å²) in [5.41, 5.74) is 8.06. The first-order valence-electron chi connectivity index (χ1n) is 28.7. The van der Waals surface area contributed by atoms with Gasteiger partial charge in [-0.15, -0.1) is 0 Å². The van der Waals surface area contributed by atoms with Crippen molar-refractivity contribution in [3.63, 3.8) is 0 Å². The van der Waals surface area contributed by atoms with Gasteiger partial charge >= 0.3 is 99.6 Å². The molecular formula is C57H85Gd2N12O23S2+2. The Hall–Kier alpha value is -6.01. The van der Waals surface area contributed by atoms with Crippen LogP contribution in [0, 0.1) is 87.3 Å². The number of unbranched alkanes of at least 4 members (excludes halogenated alkanes) is 1. The fourth-order valence-electron chi connectivity index (χ4n) is 10.1. The first-order chi connectivity index (χ1) is 43.3. The molecule has 1 aliphatic rings. The van der Waals surface area contributed by atoms with Crippen LogP contribution in [0.1, 0.15) is 48.8 Å². The molecule has 1 saturated heterocycles. The number of carbonyl (C=O) groups excluding carboxylic acids is 2. The average molecular weight is 1690 g/mol. The second kappa shape index (κ2) is 48.7. The standard InChI is InChI=1S/C56H80N12O22S2.CH3.2Gd.H2O/c57-54(89)40-12-13-42(62-56(92)59-37-10-8-35(9-11-37)20-39(68(32-52(85)86)33-53(87)88)23-64(25-45(71)72)16-18-66(28-48(77)78)29-49(79)80)60-41(55(90)61-40)3-1-2-14-58-43(91)21-36-6-4-34(5-7-36)19-38(67(30-50(81)82)31-51(83)84)22-63(24-44(69)70)15-17-65(26-46(73)74)27-47(75)76;;;;/h4-11,38-42,60H,1-3,12-33H2,(H2,57,89)(H,58,91)(H,61,90)(H,69,70)(H,71,72)(H,73,74)(H,75,76)(H,77,78)(H,79,80)(H,81,82)(H,83,84)(H,85,86)(H,87,88)(H2,59,62,92);1H3;;;1H2/q;-1;;+3;/t38-,39?,40?,41?,42?;;;;/m0..../s1. The van der Waals surface area contributed by atoms with Crippen molar-refractivity contribution in [2.24, 2.45) is 5.73 Å². The summed E-state index contributed by atoms with van der Waals surface area (Å²) in [4.78, 5) is 151. The number of nitrogens with one attached hydrogen (secondary N) is 5. The van der Waals surface area contributed by atoms with Gasteiger partial charge in [0, 0.05) is 110 Å². The number of thiocarbonyl (C=S) groups is 2. The number of hydrogen-bond donors (Lipinski definition) is 16. The van der Waals surface area contributed by atoms with Gasteiger partial charge in [-0.05, 0) is 86.0 Å². The Balaban J connectivity index is 0. The van der Waals surface area contributed by atoms with E-state index in [2.05, 4.69) is 26.6 Å². The average Bonchev–Trinajstić information content (AvgIpc) is 0.916. The predicted molar refractivity (Wildman–Crippen MR) is 342 cm³/mol. The van der Waals surface area contributed by atoms with Gasteiger partial charge in [0.05, 0.1) is 82.6 Å². The Bertz CT molecular complexity index is 2850. The molecule has 0 saturated carbocycles. The summed E-state index contributed by atoms with van der Waals surface area (Å²) >= 11 is 11.3. The molecule has 5 atom stereocenters. The fourth-order valence-corrected chi connectivity index (χ4v) is 10.6. The van der Waals surface area contributed by atoms with Crippen LogP contribution in [0.5, 0.6) is 0 Å². The SMILES string of the molecule is NC(=O)C1CCC(NC(=S)Nc2ccc(CC(CN(CCN(CC(=O)O)CC(=O)O)CC(=O)O)N(CC(=O)O)CC(=O)O)cc2)NC(CCCCNC(=S)Cc2ccc(C[C@@H](CN(CCN(CC(=O)O)CC(=O)O)CC(=O)O)N(CC(=O)O)CC(=O)O)cc2)C(=O)N1.O.[CH3-].[Gd+3].[Gd]. The number of nitrogens with zero attached hydrogens (tertiary/aromatic N) is 6. The van der Waals surface area contributed by atoms with Crippen LogP contribution >= 0.6 is 24.4 Å². The molecule has 2 aromatic rings. The normalized spacial score (nSPS) is 15.0. The number of benzene rings is 2. The Morgan fingerprint density at radius 2 is 0.885 bits per heavy atom. The van der Waals surface area contributed by atoms with Crippen LogP contribution in [-0.2, 0) is 76.8 Å². The number of anilines is 1.